The average Bonchev–Trinajstić information content (AvgIpc) is 2.30. The summed E-state index contributed by atoms with van der Waals surface area (Å²) in [5, 5.41) is 3.69. The minimum Gasteiger partial charge on any atom is -0.314 e. The van der Waals surface area contributed by atoms with Crippen LogP contribution in [-0.2, 0) is 0 Å². The molecule has 2 heterocycles. The zero-order valence-corrected chi connectivity index (χ0v) is 12.8. The Bertz CT molecular complexity index is 237. The Balaban J connectivity index is 2.07. The molecule has 0 saturated carbocycles. The summed E-state index contributed by atoms with van der Waals surface area (Å²) in [5.41, 5.74) is 0. The van der Waals surface area contributed by atoms with Crippen molar-refractivity contribution in [2.24, 2.45) is 5.92 Å². The van der Waals surface area contributed by atoms with Gasteiger partial charge in [-0.2, -0.15) is 0 Å². The Morgan fingerprint density at radius 3 is 2.17 bits per heavy atom. The fourth-order valence-corrected chi connectivity index (χ4v) is 4.44. The van der Waals surface area contributed by atoms with Crippen molar-refractivity contribution in [1.29, 1.82) is 0 Å². The SMILES string of the molecule is CCNC1CC2CCCC(C1)N2C(CC)C(C)C. The standard InChI is InChI=1S/C16H32N2/c1-5-16(12(3)4)18-14-8-7-9-15(18)11-13(10-14)17-6-2/h12-17H,5-11H2,1-4H3. The molecule has 0 amide bonds. The van der Waals surface area contributed by atoms with Gasteiger partial charge in [0.05, 0.1) is 0 Å². The van der Waals surface area contributed by atoms with Gasteiger partial charge < -0.3 is 5.32 Å². The van der Waals surface area contributed by atoms with Gasteiger partial charge in [-0.25, -0.2) is 0 Å². The zero-order valence-electron chi connectivity index (χ0n) is 12.8. The van der Waals surface area contributed by atoms with Crippen LogP contribution in [0.3, 0.4) is 0 Å². The summed E-state index contributed by atoms with van der Waals surface area (Å²) in [6, 6.07) is 3.30. The van der Waals surface area contributed by atoms with Gasteiger partial charge in [0, 0.05) is 24.2 Å². The molecule has 0 aromatic carbocycles. The van der Waals surface area contributed by atoms with Crippen LogP contribution in [0.5, 0.6) is 0 Å². The predicted molar refractivity (Wildman–Crippen MR) is 78.9 cm³/mol. The minimum atomic E-state index is 0.784. The molecule has 3 atom stereocenters. The smallest absolute Gasteiger partial charge is 0.0121 e. The van der Waals surface area contributed by atoms with Gasteiger partial charge in [0.2, 0.25) is 0 Å². The van der Waals surface area contributed by atoms with E-state index >= 15 is 0 Å². The van der Waals surface area contributed by atoms with Crippen molar-refractivity contribution in [2.75, 3.05) is 6.54 Å². The number of hydrogen-bond acceptors (Lipinski definition) is 2. The Hall–Kier alpha value is -0.0800. The molecule has 2 heteroatoms. The maximum Gasteiger partial charge on any atom is 0.0121 e. The van der Waals surface area contributed by atoms with E-state index in [1.54, 1.807) is 0 Å². The molecule has 3 unspecified atom stereocenters. The van der Waals surface area contributed by atoms with Crippen molar-refractivity contribution < 1.29 is 0 Å². The second-order valence-corrected chi connectivity index (χ2v) is 6.63. The number of piperidine rings is 2. The van der Waals surface area contributed by atoms with Gasteiger partial charge in [0.15, 0.2) is 0 Å². The number of rotatable bonds is 5. The number of nitrogens with zero attached hydrogens (tertiary/aromatic N) is 1. The van der Waals surface area contributed by atoms with E-state index in [-0.39, 0.29) is 0 Å². The Morgan fingerprint density at radius 1 is 1.11 bits per heavy atom. The van der Waals surface area contributed by atoms with Crippen LogP contribution < -0.4 is 5.32 Å². The lowest BCUT2D eigenvalue weighted by molar-refractivity contribution is -0.0265. The lowest BCUT2D eigenvalue weighted by Gasteiger charge is -2.53. The van der Waals surface area contributed by atoms with Crippen LogP contribution in [-0.4, -0.2) is 35.6 Å². The molecule has 0 radical (unpaired) electrons. The summed E-state index contributed by atoms with van der Waals surface area (Å²) < 4.78 is 0. The quantitative estimate of drug-likeness (QED) is 0.806. The summed E-state index contributed by atoms with van der Waals surface area (Å²) in [4.78, 5) is 2.92. The van der Waals surface area contributed by atoms with Crippen LogP contribution in [0.25, 0.3) is 0 Å². The number of nitrogens with one attached hydrogen (secondary N) is 1. The fraction of sp³-hybridized carbons (Fsp3) is 1.00. The molecule has 2 fully saturated rings. The highest BCUT2D eigenvalue weighted by atomic mass is 15.2. The van der Waals surface area contributed by atoms with E-state index in [9.17, 15) is 0 Å². The van der Waals surface area contributed by atoms with Gasteiger partial charge in [-0.3, -0.25) is 4.90 Å². The number of hydrogen-bond donors (Lipinski definition) is 1. The summed E-state index contributed by atoms with van der Waals surface area (Å²) in [7, 11) is 0. The van der Waals surface area contributed by atoms with Crippen molar-refractivity contribution in [1.82, 2.24) is 10.2 Å². The molecule has 0 aromatic heterocycles. The first-order valence-corrected chi connectivity index (χ1v) is 8.18. The predicted octanol–water partition coefficient (Wildman–Crippen LogP) is 3.42. The second kappa shape index (κ2) is 6.38. The maximum absolute atomic E-state index is 3.69. The lowest BCUT2D eigenvalue weighted by atomic mass is 9.79. The molecule has 0 spiro atoms. The molecule has 2 saturated heterocycles. The molecule has 0 aliphatic carbocycles. The topological polar surface area (TPSA) is 15.3 Å². The van der Waals surface area contributed by atoms with Gasteiger partial charge in [-0.15, -0.1) is 0 Å². The van der Waals surface area contributed by atoms with Crippen LogP contribution in [0.4, 0.5) is 0 Å². The first-order valence-electron chi connectivity index (χ1n) is 8.18. The van der Waals surface area contributed by atoms with Gasteiger partial charge in [0.1, 0.15) is 0 Å². The van der Waals surface area contributed by atoms with E-state index in [0.717, 1.165) is 36.6 Å². The van der Waals surface area contributed by atoms with Crippen LogP contribution in [0, 0.1) is 5.92 Å². The van der Waals surface area contributed by atoms with E-state index in [1.165, 1.54) is 38.5 Å². The summed E-state index contributed by atoms with van der Waals surface area (Å²) in [5.74, 6) is 0.800. The molecule has 2 aliphatic rings. The Morgan fingerprint density at radius 2 is 1.72 bits per heavy atom. The Kier molecular flexibility index (Phi) is 5.08. The van der Waals surface area contributed by atoms with E-state index in [1.807, 2.05) is 0 Å². The van der Waals surface area contributed by atoms with Crippen LogP contribution in [0.2, 0.25) is 0 Å². The van der Waals surface area contributed by atoms with Crippen molar-refractivity contribution in [3.63, 3.8) is 0 Å². The molecule has 2 bridgehead atoms. The molecule has 106 valence electrons. The molecular weight excluding hydrogens is 220 g/mol. The largest absolute Gasteiger partial charge is 0.314 e. The monoisotopic (exact) mass is 252 g/mol. The third kappa shape index (κ3) is 2.91. The minimum absolute atomic E-state index is 0.784. The van der Waals surface area contributed by atoms with Gasteiger partial charge in [-0.05, 0) is 44.6 Å². The third-order valence-electron chi connectivity index (χ3n) is 5.09. The summed E-state index contributed by atoms with van der Waals surface area (Å²) in [6.07, 6.45) is 8.40. The molecule has 18 heavy (non-hydrogen) atoms. The molecule has 0 aromatic rings. The normalized spacial score (nSPS) is 34.8. The first-order chi connectivity index (χ1) is 8.67. The van der Waals surface area contributed by atoms with Crippen molar-refractivity contribution in [3.8, 4) is 0 Å². The van der Waals surface area contributed by atoms with Gasteiger partial charge in [0.25, 0.3) is 0 Å². The molecule has 2 nitrogen and oxygen atoms in total. The highest BCUT2D eigenvalue weighted by Crippen LogP contribution is 2.37. The molecule has 2 rings (SSSR count). The van der Waals surface area contributed by atoms with Gasteiger partial charge >= 0.3 is 0 Å². The molecular formula is C16H32N2. The molecule has 1 N–H and O–H groups in total. The van der Waals surface area contributed by atoms with Crippen molar-refractivity contribution in [2.45, 2.75) is 90.4 Å². The summed E-state index contributed by atoms with van der Waals surface area (Å²) in [6.45, 7) is 10.5. The number of fused-ring (bicyclic) bond motifs is 2. The average molecular weight is 252 g/mol. The van der Waals surface area contributed by atoms with Crippen molar-refractivity contribution >= 4 is 0 Å². The highest BCUT2D eigenvalue weighted by molar-refractivity contribution is 4.97. The summed E-state index contributed by atoms with van der Waals surface area (Å²) >= 11 is 0. The fourth-order valence-electron chi connectivity index (χ4n) is 4.44. The van der Waals surface area contributed by atoms with Crippen molar-refractivity contribution in [3.05, 3.63) is 0 Å². The first kappa shape index (κ1) is 14.3. The van der Waals surface area contributed by atoms with Crippen LogP contribution >= 0.6 is 0 Å². The maximum atomic E-state index is 3.69. The van der Waals surface area contributed by atoms with E-state index in [4.69, 9.17) is 0 Å². The van der Waals surface area contributed by atoms with E-state index in [0.29, 0.717) is 0 Å². The zero-order chi connectivity index (χ0) is 13.1. The van der Waals surface area contributed by atoms with Crippen LogP contribution in [0.1, 0.15) is 66.2 Å². The Labute approximate surface area is 114 Å². The van der Waals surface area contributed by atoms with E-state index < -0.39 is 0 Å². The highest BCUT2D eigenvalue weighted by Gasteiger charge is 2.41. The van der Waals surface area contributed by atoms with E-state index in [2.05, 4.69) is 37.9 Å². The lowest BCUT2D eigenvalue weighted by Crippen LogP contribution is -2.60. The van der Waals surface area contributed by atoms with Gasteiger partial charge in [-0.1, -0.05) is 34.1 Å². The van der Waals surface area contributed by atoms with Crippen LogP contribution in [0.15, 0.2) is 0 Å². The molecule has 2 aliphatic heterocycles. The second-order valence-electron chi connectivity index (χ2n) is 6.63. The third-order valence-corrected chi connectivity index (χ3v) is 5.09.